The van der Waals surface area contributed by atoms with Crippen molar-refractivity contribution in [3.8, 4) is 0 Å². The number of nitrogens with one attached hydrogen (secondary N) is 2. The van der Waals surface area contributed by atoms with Gasteiger partial charge in [0.25, 0.3) is 0 Å². The predicted molar refractivity (Wildman–Crippen MR) is 104 cm³/mol. The Kier molecular flexibility index (Phi) is 6.54. The Morgan fingerprint density at radius 1 is 1.29 bits per heavy atom. The number of amides is 2. The van der Waals surface area contributed by atoms with Crippen LogP contribution in [0, 0.1) is 17.7 Å². The van der Waals surface area contributed by atoms with Crippen molar-refractivity contribution in [3.63, 3.8) is 0 Å². The molecule has 28 heavy (non-hydrogen) atoms. The van der Waals surface area contributed by atoms with Crippen molar-refractivity contribution in [2.45, 2.75) is 50.5 Å². The average Bonchev–Trinajstić information content (AvgIpc) is 3.11. The molecule has 0 aromatic heterocycles. The molecule has 2 fully saturated rings. The number of piperidine rings is 1. The number of benzene rings is 1. The fraction of sp³-hybridized carbons (Fsp3) is 0.619. The van der Waals surface area contributed by atoms with E-state index in [1.807, 2.05) is 6.07 Å². The van der Waals surface area contributed by atoms with Crippen molar-refractivity contribution in [2.75, 3.05) is 19.6 Å². The van der Waals surface area contributed by atoms with E-state index in [4.69, 9.17) is 10.5 Å². The lowest BCUT2D eigenvalue weighted by Crippen LogP contribution is -2.55. The number of ether oxygens (including phenoxy) is 1. The Labute approximate surface area is 165 Å². The first-order chi connectivity index (χ1) is 13.4. The zero-order valence-electron chi connectivity index (χ0n) is 16.4. The molecule has 6 nitrogen and oxygen atoms in total. The van der Waals surface area contributed by atoms with Crippen LogP contribution in [0.25, 0.3) is 0 Å². The van der Waals surface area contributed by atoms with Crippen molar-refractivity contribution in [1.29, 1.82) is 0 Å². The maximum absolute atomic E-state index is 14.3. The average molecular weight is 391 g/mol. The molecule has 2 aliphatic rings. The summed E-state index contributed by atoms with van der Waals surface area (Å²) in [4.78, 5) is 23.4. The number of halogens is 1. The quantitative estimate of drug-likeness (QED) is 0.694. The maximum atomic E-state index is 14.3. The second-order valence-corrected chi connectivity index (χ2v) is 8.00. The number of nitrogens with two attached hydrogens (primary N) is 1. The van der Waals surface area contributed by atoms with Gasteiger partial charge in [-0.25, -0.2) is 9.18 Å². The predicted octanol–water partition coefficient (Wildman–Crippen LogP) is 2.46. The molecule has 1 aliphatic carbocycles. The van der Waals surface area contributed by atoms with E-state index in [-0.39, 0.29) is 29.7 Å². The monoisotopic (exact) mass is 391 g/mol. The summed E-state index contributed by atoms with van der Waals surface area (Å²) in [5, 5.41) is 6.38. The summed E-state index contributed by atoms with van der Waals surface area (Å²) in [5.74, 6) is -0.231. The van der Waals surface area contributed by atoms with Crippen molar-refractivity contribution in [3.05, 3.63) is 35.6 Å². The molecule has 7 heteroatoms. The summed E-state index contributed by atoms with van der Waals surface area (Å²) in [5.41, 5.74) is 5.68. The van der Waals surface area contributed by atoms with Gasteiger partial charge < -0.3 is 21.1 Å². The first-order valence-corrected chi connectivity index (χ1v) is 10.1. The normalized spacial score (nSPS) is 25.1. The van der Waals surface area contributed by atoms with Crippen LogP contribution in [0.4, 0.5) is 9.18 Å². The minimum Gasteiger partial charge on any atom is -0.446 e. The molecule has 2 amide bonds. The highest BCUT2D eigenvalue weighted by atomic mass is 19.1. The van der Waals surface area contributed by atoms with Crippen molar-refractivity contribution < 1.29 is 18.7 Å². The molecule has 0 spiro atoms. The van der Waals surface area contributed by atoms with Gasteiger partial charge in [0.2, 0.25) is 5.91 Å². The molecule has 154 valence electrons. The molecule has 1 saturated heterocycles. The lowest BCUT2D eigenvalue weighted by molar-refractivity contribution is -0.119. The first kappa shape index (κ1) is 20.6. The summed E-state index contributed by atoms with van der Waals surface area (Å²) in [7, 11) is 0. The van der Waals surface area contributed by atoms with Crippen molar-refractivity contribution >= 4 is 12.0 Å². The van der Waals surface area contributed by atoms with Crippen LogP contribution in [0.5, 0.6) is 0 Å². The highest BCUT2D eigenvalue weighted by Crippen LogP contribution is 2.50. The smallest absolute Gasteiger partial charge is 0.404 e. The largest absolute Gasteiger partial charge is 0.446 e. The number of hydrogen-bond donors (Lipinski definition) is 3. The summed E-state index contributed by atoms with van der Waals surface area (Å²) in [6.07, 6.45) is 3.20. The number of carbonyl (C=O) groups is 2. The second kappa shape index (κ2) is 8.90. The van der Waals surface area contributed by atoms with Crippen LogP contribution in [0.2, 0.25) is 0 Å². The van der Waals surface area contributed by atoms with Gasteiger partial charge in [-0.05, 0) is 68.8 Å². The molecule has 1 saturated carbocycles. The topological polar surface area (TPSA) is 93.4 Å². The molecule has 0 radical (unpaired) electrons. The number of rotatable bonds is 6. The third-order valence-electron chi connectivity index (χ3n) is 6.44. The Hall–Kier alpha value is -2.15. The number of primary amides is 1. The highest BCUT2D eigenvalue weighted by molar-refractivity contribution is 5.73. The third kappa shape index (κ3) is 4.29. The second-order valence-electron chi connectivity index (χ2n) is 8.00. The van der Waals surface area contributed by atoms with Gasteiger partial charge in [-0.1, -0.05) is 12.1 Å². The fourth-order valence-corrected chi connectivity index (χ4v) is 5.32. The van der Waals surface area contributed by atoms with Gasteiger partial charge in [-0.15, -0.1) is 0 Å². The van der Waals surface area contributed by atoms with Crippen LogP contribution in [0.1, 0.15) is 44.6 Å². The molecule has 0 bridgehead atoms. The zero-order chi connectivity index (χ0) is 20.1. The molecule has 1 aromatic rings. The molecule has 1 aromatic carbocycles. The maximum Gasteiger partial charge on any atom is 0.404 e. The summed E-state index contributed by atoms with van der Waals surface area (Å²) < 4.78 is 19.7. The Morgan fingerprint density at radius 2 is 2.04 bits per heavy atom. The Bertz CT molecular complexity index is 708. The fourth-order valence-electron chi connectivity index (χ4n) is 5.32. The van der Waals surface area contributed by atoms with Crippen molar-refractivity contribution in [2.24, 2.45) is 17.6 Å². The lowest BCUT2D eigenvalue weighted by atomic mass is 9.58. The zero-order valence-corrected chi connectivity index (χ0v) is 16.4. The van der Waals surface area contributed by atoms with Gasteiger partial charge in [-0.2, -0.15) is 0 Å². The minimum absolute atomic E-state index is 0.0308. The van der Waals surface area contributed by atoms with Crippen LogP contribution in [0.15, 0.2) is 24.3 Å². The van der Waals surface area contributed by atoms with E-state index in [1.165, 1.54) is 13.0 Å². The number of hydrogen-bond acceptors (Lipinski definition) is 4. The number of carbonyl (C=O) groups excluding carboxylic acids is 2. The van der Waals surface area contributed by atoms with Gasteiger partial charge in [0.1, 0.15) is 11.9 Å². The van der Waals surface area contributed by atoms with E-state index in [1.54, 1.807) is 12.1 Å². The van der Waals surface area contributed by atoms with Gasteiger partial charge >= 0.3 is 6.09 Å². The Balaban J connectivity index is 2.10. The summed E-state index contributed by atoms with van der Waals surface area (Å²) in [6, 6.07) is 6.66. The lowest BCUT2D eigenvalue weighted by Gasteiger charge is -2.49. The van der Waals surface area contributed by atoms with E-state index in [0.717, 1.165) is 50.8 Å². The van der Waals surface area contributed by atoms with E-state index >= 15 is 0 Å². The molecule has 3 atom stereocenters. The molecule has 4 N–H and O–H groups in total. The molecular formula is C21H30FN3O3. The van der Waals surface area contributed by atoms with Crippen LogP contribution in [-0.4, -0.2) is 37.7 Å². The van der Waals surface area contributed by atoms with Crippen LogP contribution in [0.3, 0.4) is 0 Å². The highest BCUT2D eigenvalue weighted by Gasteiger charge is 2.52. The molecule has 1 heterocycles. The standard InChI is InChI=1S/C21H30FN3O3/c1-14(26)25-13-21(15-8-10-24-11-9-15,16-4-2-5-17(22)12-16)18-6-3-7-19(18)28-20(23)27/h2,4-5,12,15,18-19,24H,3,6-11,13H2,1H3,(H2,23,27)(H,25,26)/t18-,19-,21?/m0/s1. The summed E-state index contributed by atoms with van der Waals surface area (Å²) >= 11 is 0. The van der Waals surface area contributed by atoms with Gasteiger partial charge in [0.05, 0.1) is 0 Å². The van der Waals surface area contributed by atoms with Crippen LogP contribution in [-0.2, 0) is 14.9 Å². The SMILES string of the molecule is CC(=O)NCC(c1cccc(F)c1)(C1CCNCC1)[C@H]1CCC[C@@H]1OC(N)=O. The van der Waals surface area contributed by atoms with Gasteiger partial charge in [0, 0.05) is 24.8 Å². The van der Waals surface area contributed by atoms with Crippen LogP contribution < -0.4 is 16.4 Å². The summed E-state index contributed by atoms with van der Waals surface area (Å²) in [6.45, 7) is 3.62. The molecule has 1 unspecified atom stereocenters. The minimum atomic E-state index is -0.783. The molecular weight excluding hydrogens is 361 g/mol. The van der Waals surface area contributed by atoms with Crippen molar-refractivity contribution in [1.82, 2.24) is 10.6 Å². The van der Waals surface area contributed by atoms with E-state index in [9.17, 15) is 14.0 Å². The van der Waals surface area contributed by atoms with Gasteiger partial charge in [0.15, 0.2) is 0 Å². The van der Waals surface area contributed by atoms with Gasteiger partial charge in [-0.3, -0.25) is 4.79 Å². The van der Waals surface area contributed by atoms with Crippen LogP contribution >= 0.6 is 0 Å². The molecule has 3 rings (SSSR count). The first-order valence-electron chi connectivity index (χ1n) is 10.1. The molecule has 1 aliphatic heterocycles. The van der Waals surface area contributed by atoms with E-state index in [0.29, 0.717) is 6.54 Å². The van der Waals surface area contributed by atoms with E-state index < -0.39 is 11.5 Å². The van der Waals surface area contributed by atoms with E-state index in [2.05, 4.69) is 10.6 Å². The third-order valence-corrected chi connectivity index (χ3v) is 6.44. The Morgan fingerprint density at radius 3 is 2.68 bits per heavy atom.